The van der Waals surface area contributed by atoms with Crippen molar-refractivity contribution in [2.24, 2.45) is 11.7 Å². The molecule has 0 saturated carbocycles. The number of hydrogen-bond donors (Lipinski definition) is 3. The molecule has 1 aliphatic rings. The Morgan fingerprint density at radius 1 is 1.16 bits per heavy atom. The summed E-state index contributed by atoms with van der Waals surface area (Å²) in [6.07, 6.45) is 0.604. The van der Waals surface area contributed by atoms with Crippen molar-refractivity contribution in [3.63, 3.8) is 0 Å². The van der Waals surface area contributed by atoms with Crippen LogP contribution in [-0.2, 0) is 30.5 Å². The van der Waals surface area contributed by atoms with Gasteiger partial charge < -0.3 is 26.0 Å². The Morgan fingerprint density at radius 2 is 1.84 bits per heavy atom. The van der Waals surface area contributed by atoms with E-state index in [0.29, 0.717) is 13.0 Å². The van der Waals surface area contributed by atoms with Crippen molar-refractivity contribution >= 4 is 23.7 Å². The number of likely N-dealkylation sites (tertiary alicyclic amines) is 1. The number of carbonyl (C=O) groups is 4. The van der Waals surface area contributed by atoms with Crippen LogP contribution in [0.2, 0.25) is 0 Å². The molecular formula is C22H32N4O5. The van der Waals surface area contributed by atoms with Crippen LogP contribution in [0.3, 0.4) is 0 Å². The number of esters is 1. The molecule has 1 saturated heterocycles. The summed E-state index contributed by atoms with van der Waals surface area (Å²) in [5, 5.41) is 5.27. The fourth-order valence-corrected chi connectivity index (χ4v) is 3.54. The Kier molecular flexibility index (Phi) is 8.56. The van der Waals surface area contributed by atoms with Crippen molar-refractivity contribution < 1.29 is 23.9 Å². The van der Waals surface area contributed by atoms with Gasteiger partial charge in [0.05, 0.1) is 6.54 Å². The Morgan fingerprint density at radius 3 is 2.45 bits per heavy atom. The van der Waals surface area contributed by atoms with E-state index in [0.717, 1.165) is 5.56 Å². The number of nitrogens with two attached hydrogens (primary N) is 1. The first-order valence-corrected chi connectivity index (χ1v) is 10.5. The van der Waals surface area contributed by atoms with Crippen LogP contribution in [0.15, 0.2) is 30.3 Å². The normalized spacial score (nSPS) is 19.1. The average Bonchev–Trinajstić information content (AvgIpc) is 3.21. The van der Waals surface area contributed by atoms with Crippen LogP contribution in [0.1, 0.15) is 39.2 Å². The fourth-order valence-electron chi connectivity index (χ4n) is 3.54. The van der Waals surface area contributed by atoms with E-state index in [2.05, 4.69) is 10.6 Å². The summed E-state index contributed by atoms with van der Waals surface area (Å²) in [6.45, 7) is 5.65. The average molecular weight is 433 g/mol. The highest BCUT2D eigenvalue weighted by molar-refractivity contribution is 6.11. The monoisotopic (exact) mass is 432 g/mol. The van der Waals surface area contributed by atoms with Gasteiger partial charge in [-0.3, -0.25) is 14.4 Å². The molecule has 0 radical (unpaired) electrons. The second-order valence-electron chi connectivity index (χ2n) is 8.11. The van der Waals surface area contributed by atoms with Gasteiger partial charge in [-0.2, -0.15) is 0 Å². The Hall–Kier alpha value is -2.94. The number of nitrogens with zero attached hydrogens (tertiary/aromatic N) is 1. The first kappa shape index (κ1) is 24.3. The third kappa shape index (κ3) is 5.81. The molecule has 0 unspecified atom stereocenters. The van der Waals surface area contributed by atoms with Crippen molar-refractivity contribution in [2.75, 3.05) is 19.6 Å². The summed E-state index contributed by atoms with van der Waals surface area (Å²) in [6, 6.07) is 8.17. The van der Waals surface area contributed by atoms with E-state index in [-0.39, 0.29) is 32.0 Å². The molecule has 0 aromatic heterocycles. The third-order valence-corrected chi connectivity index (χ3v) is 5.18. The second kappa shape index (κ2) is 10.9. The lowest BCUT2D eigenvalue weighted by Crippen LogP contribution is -2.65. The zero-order valence-electron chi connectivity index (χ0n) is 18.3. The summed E-state index contributed by atoms with van der Waals surface area (Å²) >= 11 is 0. The number of nitrogens with one attached hydrogen (secondary N) is 2. The molecule has 0 spiro atoms. The van der Waals surface area contributed by atoms with Crippen molar-refractivity contribution in [1.29, 1.82) is 0 Å². The molecule has 170 valence electrons. The lowest BCUT2D eigenvalue weighted by Gasteiger charge is -2.36. The van der Waals surface area contributed by atoms with E-state index in [1.807, 2.05) is 32.0 Å². The first-order valence-electron chi connectivity index (χ1n) is 10.5. The number of hydrogen-bond acceptors (Lipinski definition) is 6. The van der Waals surface area contributed by atoms with Gasteiger partial charge in [0, 0.05) is 13.1 Å². The maximum atomic E-state index is 13.3. The van der Waals surface area contributed by atoms with Gasteiger partial charge in [0.25, 0.3) is 5.91 Å². The van der Waals surface area contributed by atoms with Crippen LogP contribution in [0.4, 0.5) is 0 Å². The smallest absolute Gasteiger partial charge is 0.342 e. The molecule has 1 heterocycles. The van der Waals surface area contributed by atoms with Gasteiger partial charge in [0.1, 0.15) is 12.6 Å². The number of benzene rings is 1. The Balaban J connectivity index is 2.28. The lowest BCUT2D eigenvalue weighted by molar-refractivity contribution is -0.168. The van der Waals surface area contributed by atoms with E-state index < -0.39 is 35.3 Å². The van der Waals surface area contributed by atoms with Crippen molar-refractivity contribution in [1.82, 2.24) is 15.5 Å². The molecule has 2 atom stereocenters. The largest absolute Gasteiger partial charge is 0.459 e. The van der Waals surface area contributed by atoms with E-state index in [1.54, 1.807) is 12.1 Å². The molecule has 1 aromatic rings. The number of ether oxygens (including phenoxy) is 1. The van der Waals surface area contributed by atoms with Gasteiger partial charge >= 0.3 is 5.97 Å². The minimum absolute atomic E-state index is 0.0135. The summed E-state index contributed by atoms with van der Waals surface area (Å²) < 4.78 is 5.50. The van der Waals surface area contributed by atoms with Crippen LogP contribution in [0.5, 0.6) is 0 Å². The van der Waals surface area contributed by atoms with Gasteiger partial charge in [-0.25, -0.2) is 4.79 Å². The minimum Gasteiger partial charge on any atom is -0.459 e. The number of rotatable bonds is 9. The predicted molar refractivity (Wildman–Crippen MR) is 114 cm³/mol. The van der Waals surface area contributed by atoms with Crippen molar-refractivity contribution in [3.05, 3.63) is 35.9 Å². The summed E-state index contributed by atoms with van der Waals surface area (Å²) in [7, 11) is 0. The predicted octanol–water partition coefficient (Wildman–Crippen LogP) is 0.327. The fraction of sp³-hybridized carbons (Fsp3) is 0.545. The minimum atomic E-state index is -1.78. The van der Waals surface area contributed by atoms with Gasteiger partial charge in [-0.05, 0) is 31.2 Å². The molecule has 0 aliphatic carbocycles. The van der Waals surface area contributed by atoms with E-state index in [9.17, 15) is 19.2 Å². The SMILES string of the molecule is CC(C)CNC(=O)[C@]1(C(=O)OCc2ccccc2)CCCN1C(=O)[C@H](C)NC(=O)CN. The first-order chi connectivity index (χ1) is 14.7. The highest BCUT2D eigenvalue weighted by Crippen LogP contribution is 2.32. The lowest BCUT2D eigenvalue weighted by atomic mass is 9.93. The standard InChI is InChI=1S/C22H32N4O5/c1-15(2)13-24-20(29)22(21(30)31-14-17-8-5-4-6-9-17)10-7-11-26(22)19(28)16(3)25-18(27)12-23/h4-6,8-9,15-16H,7,10-14,23H2,1-3H3,(H,24,29)(H,25,27)/t16-,22-/m0/s1. The highest BCUT2D eigenvalue weighted by atomic mass is 16.5. The van der Waals surface area contributed by atoms with Crippen molar-refractivity contribution in [3.8, 4) is 0 Å². The maximum absolute atomic E-state index is 13.3. The topological polar surface area (TPSA) is 131 Å². The molecular weight excluding hydrogens is 400 g/mol. The molecule has 2 rings (SSSR count). The maximum Gasteiger partial charge on any atom is 0.342 e. The van der Waals surface area contributed by atoms with Crippen LogP contribution in [0.25, 0.3) is 0 Å². The molecule has 1 aromatic carbocycles. The molecule has 9 heteroatoms. The van der Waals surface area contributed by atoms with E-state index >= 15 is 0 Å². The molecule has 1 fully saturated rings. The van der Waals surface area contributed by atoms with Gasteiger partial charge in [-0.1, -0.05) is 44.2 Å². The quantitative estimate of drug-likeness (QED) is 0.381. The third-order valence-electron chi connectivity index (χ3n) is 5.18. The molecule has 1 aliphatic heterocycles. The summed E-state index contributed by atoms with van der Waals surface area (Å²) in [4.78, 5) is 52.5. The molecule has 31 heavy (non-hydrogen) atoms. The van der Waals surface area contributed by atoms with Crippen LogP contribution >= 0.6 is 0 Å². The van der Waals surface area contributed by atoms with E-state index in [4.69, 9.17) is 10.5 Å². The summed E-state index contributed by atoms with van der Waals surface area (Å²) in [5.41, 5.74) is 4.31. The van der Waals surface area contributed by atoms with Crippen LogP contribution in [-0.4, -0.2) is 59.8 Å². The Bertz CT molecular complexity index is 798. The second-order valence-corrected chi connectivity index (χ2v) is 8.11. The van der Waals surface area contributed by atoms with Crippen LogP contribution < -0.4 is 16.4 Å². The molecule has 9 nitrogen and oxygen atoms in total. The zero-order chi connectivity index (χ0) is 23.0. The molecule has 0 bridgehead atoms. The number of carbonyl (C=O) groups excluding carboxylic acids is 4. The van der Waals surface area contributed by atoms with Gasteiger partial charge in [-0.15, -0.1) is 0 Å². The Labute approximate surface area is 182 Å². The molecule has 3 amide bonds. The van der Waals surface area contributed by atoms with Crippen molar-refractivity contribution in [2.45, 2.75) is 51.8 Å². The van der Waals surface area contributed by atoms with Gasteiger partial charge in [0.2, 0.25) is 17.4 Å². The zero-order valence-corrected chi connectivity index (χ0v) is 18.3. The number of amides is 3. The van der Waals surface area contributed by atoms with Crippen LogP contribution in [0, 0.1) is 5.92 Å². The van der Waals surface area contributed by atoms with Gasteiger partial charge in [0.15, 0.2) is 0 Å². The molecule has 4 N–H and O–H groups in total. The van der Waals surface area contributed by atoms with E-state index in [1.165, 1.54) is 11.8 Å². The highest BCUT2D eigenvalue weighted by Gasteiger charge is 2.57. The summed E-state index contributed by atoms with van der Waals surface area (Å²) in [5.74, 6) is -2.21.